The number of anilines is 1. The lowest BCUT2D eigenvalue weighted by molar-refractivity contribution is 0.875. The number of nitrogen functional groups attached to an aromatic ring is 1. The van der Waals surface area contributed by atoms with Crippen LogP contribution in [0.3, 0.4) is 0 Å². The second-order valence-electron chi connectivity index (χ2n) is 4.44. The predicted octanol–water partition coefficient (Wildman–Crippen LogP) is 1.89. The van der Waals surface area contributed by atoms with Gasteiger partial charge in [-0.15, -0.1) is 0 Å². The summed E-state index contributed by atoms with van der Waals surface area (Å²) in [5.74, 6) is 0.00579. The highest BCUT2D eigenvalue weighted by Crippen LogP contribution is 2.27. The normalized spacial score (nSPS) is 13.4. The molecular weight excluding hydrogens is 224 g/mol. The van der Waals surface area contributed by atoms with E-state index in [1.54, 1.807) is 12.3 Å². The van der Waals surface area contributed by atoms with Crippen LogP contribution in [0.1, 0.15) is 16.8 Å². The van der Waals surface area contributed by atoms with Crippen LogP contribution in [-0.4, -0.2) is 10.8 Å². The molecule has 1 aromatic heterocycles. The standard InChI is InChI=1S/C14H14N4/c15-14(16)13-6-5-12(7-17-13)18-8-10-3-1-2-4-11(10)9-18/h1-7H,8-9H2,(H3,15,16). The van der Waals surface area contributed by atoms with E-state index in [0.29, 0.717) is 5.69 Å². The third-order valence-corrected chi connectivity index (χ3v) is 3.23. The van der Waals surface area contributed by atoms with Gasteiger partial charge in [0, 0.05) is 13.1 Å². The van der Waals surface area contributed by atoms with Gasteiger partial charge in [0.05, 0.1) is 11.9 Å². The molecule has 0 saturated carbocycles. The summed E-state index contributed by atoms with van der Waals surface area (Å²) in [5, 5.41) is 7.32. The Hall–Kier alpha value is -2.36. The highest BCUT2D eigenvalue weighted by Gasteiger charge is 2.18. The summed E-state index contributed by atoms with van der Waals surface area (Å²) in [4.78, 5) is 6.46. The molecule has 90 valence electrons. The van der Waals surface area contributed by atoms with E-state index in [2.05, 4.69) is 34.1 Å². The maximum Gasteiger partial charge on any atom is 0.141 e. The van der Waals surface area contributed by atoms with Gasteiger partial charge in [-0.2, -0.15) is 0 Å². The fraction of sp³-hybridized carbons (Fsp3) is 0.143. The van der Waals surface area contributed by atoms with Crippen molar-refractivity contribution in [1.29, 1.82) is 5.41 Å². The van der Waals surface area contributed by atoms with Crippen LogP contribution < -0.4 is 10.6 Å². The van der Waals surface area contributed by atoms with Crippen LogP contribution in [0.25, 0.3) is 0 Å². The van der Waals surface area contributed by atoms with Crippen molar-refractivity contribution < 1.29 is 0 Å². The largest absolute Gasteiger partial charge is 0.382 e. The van der Waals surface area contributed by atoms with Crippen LogP contribution in [0.4, 0.5) is 5.69 Å². The smallest absolute Gasteiger partial charge is 0.141 e. The Labute approximate surface area is 106 Å². The number of amidine groups is 1. The number of rotatable bonds is 2. The lowest BCUT2D eigenvalue weighted by Crippen LogP contribution is -2.17. The molecule has 3 rings (SSSR count). The predicted molar refractivity (Wildman–Crippen MR) is 71.6 cm³/mol. The van der Waals surface area contributed by atoms with Crippen LogP contribution in [0, 0.1) is 5.41 Å². The molecule has 0 bridgehead atoms. The van der Waals surface area contributed by atoms with E-state index >= 15 is 0 Å². The van der Waals surface area contributed by atoms with Gasteiger partial charge < -0.3 is 10.6 Å². The minimum Gasteiger partial charge on any atom is -0.382 e. The first-order valence-corrected chi connectivity index (χ1v) is 5.86. The maximum atomic E-state index is 7.32. The molecule has 3 N–H and O–H groups in total. The first kappa shape index (κ1) is 10.8. The molecule has 0 radical (unpaired) electrons. The van der Waals surface area contributed by atoms with Crippen LogP contribution in [0.2, 0.25) is 0 Å². The number of hydrogen-bond acceptors (Lipinski definition) is 3. The Kier molecular flexibility index (Phi) is 2.48. The van der Waals surface area contributed by atoms with Gasteiger partial charge in [-0.3, -0.25) is 10.4 Å². The van der Waals surface area contributed by atoms with E-state index in [1.807, 2.05) is 6.07 Å². The molecule has 0 atom stereocenters. The number of aromatic nitrogens is 1. The summed E-state index contributed by atoms with van der Waals surface area (Å²) < 4.78 is 0. The molecule has 0 unspecified atom stereocenters. The number of pyridine rings is 1. The molecule has 0 fully saturated rings. The molecule has 4 nitrogen and oxygen atoms in total. The third-order valence-electron chi connectivity index (χ3n) is 3.23. The summed E-state index contributed by atoms with van der Waals surface area (Å²) in [6.07, 6.45) is 1.78. The van der Waals surface area contributed by atoms with E-state index in [9.17, 15) is 0 Å². The molecule has 0 amide bonds. The molecule has 18 heavy (non-hydrogen) atoms. The van der Waals surface area contributed by atoms with Crippen LogP contribution >= 0.6 is 0 Å². The van der Waals surface area contributed by atoms with Crippen LogP contribution in [0.15, 0.2) is 42.6 Å². The number of nitrogens with zero attached hydrogens (tertiary/aromatic N) is 2. The first-order chi connectivity index (χ1) is 8.74. The molecular formula is C14H14N4. The molecule has 4 heteroatoms. The average Bonchev–Trinajstić information content (AvgIpc) is 2.82. The molecule has 2 aromatic rings. The Morgan fingerprint density at radius 1 is 1.11 bits per heavy atom. The van der Waals surface area contributed by atoms with Gasteiger partial charge in [-0.25, -0.2) is 0 Å². The van der Waals surface area contributed by atoms with Gasteiger partial charge in [0.2, 0.25) is 0 Å². The van der Waals surface area contributed by atoms with Gasteiger partial charge in [0.1, 0.15) is 11.5 Å². The lowest BCUT2D eigenvalue weighted by Gasteiger charge is -2.17. The van der Waals surface area contributed by atoms with E-state index in [4.69, 9.17) is 11.1 Å². The van der Waals surface area contributed by atoms with E-state index in [1.165, 1.54) is 11.1 Å². The van der Waals surface area contributed by atoms with Gasteiger partial charge >= 0.3 is 0 Å². The SMILES string of the molecule is N=C(N)c1ccc(N2Cc3ccccc3C2)cn1. The number of benzene rings is 1. The van der Waals surface area contributed by atoms with E-state index in [0.717, 1.165) is 18.8 Å². The highest BCUT2D eigenvalue weighted by molar-refractivity contribution is 5.93. The van der Waals surface area contributed by atoms with Crippen molar-refractivity contribution in [3.8, 4) is 0 Å². The van der Waals surface area contributed by atoms with Crippen molar-refractivity contribution >= 4 is 11.5 Å². The number of hydrogen-bond donors (Lipinski definition) is 2. The Balaban J connectivity index is 1.84. The Bertz CT molecular complexity index is 564. The second-order valence-corrected chi connectivity index (χ2v) is 4.44. The van der Waals surface area contributed by atoms with Gasteiger partial charge in [-0.05, 0) is 23.3 Å². The summed E-state index contributed by atoms with van der Waals surface area (Å²) in [5.41, 5.74) is 9.72. The van der Waals surface area contributed by atoms with Crippen molar-refractivity contribution in [3.05, 3.63) is 59.4 Å². The van der Waals surface area contributed by atoms with Crippen LogP contribution in [0.5, 0.6) is 0 Å². The minimum absolute atomic E-state index is 0.00579. The quantitative estimate of drug-likeness (QED) is 0.620. The zero-order chi connectivity index (χ0) is 12.5. The molecule has 1 aliphatic rings. The summed E-state index contributed by atoms with van der Waals surface area (Å²) in [6.45, 7) is 1.83. The summed E-state index contributed by atoms with van der Waals surface area (Å²) in [6, 6.07) is 12.2. The fourth-order valence-electron chi connectivity index (χ4n) is 2.25. The Morgan fingerprint density at radius 2 is 1.78 bits per heavy atom. The van der Waals surface area contributed by atoms with Gasteiger partial charge in [-0.1, -0.05) is 24.3 Å². The number of fused-ring (bicyclic) bond motifs is 1. The van der Waals surface area contributed by atoms with Crippen molar-refractivity contribution in [3.63, 3.8) is 0 Å². The van der Waals surface area contributed by atoms with E-state index < -0.39 is 0 Å². The van der Waals surface area contributed by atoms with Crippen molar-refractivity contribution in [2.75, 3.05) is 4.90 Å². The maximum absolute atomic E-state index is 7.32. The van der Waals surface area contributed by atoms with Gasteiger partial charge in [0.25, 0.3) is 0 Å². The van der Waals surface area contributed by atoms with Crippen molar-refractivity contribution in [2.45, 2.75) is 13.1 Å². The monoisotopic (exact) mass is 238 g/mol. The van der Waals surface area contributed by atoms with Crippen LogP contribution in [-0.2, 0) is 13.1 Å². The fourth-order valence-corrected chi connectivity index (χ4v) is 2.25. The first-order valence-electron chi connectivity index (χ1n) is 5.86. The number of nitrogens with two attached hydrogens (primary N) is 1. The van der Waals surface area contributed by atoms with E-state index in [-0.39, 0.29) is 5.84 Å². The molecule has 1 aliphatic heterocycles. The summed E-state index contributed by atoms with van der Waals surface area (Å²) >= 11 is 0. The molecule has 0 spiro atoms. The van der Waals surface area contributed by atoms with Crippen molar-refractivity contribution in [2.24, 2.45) is 5.73 Å². The molecule has 0 saturated heterocycles. The molecule has 1 aromatic carbocycles. The highest BCUT2D eigenvalue weighted by atomic mass is 15.1. The lowest BCUT2D eigenvalue weighted by atomic mass is 10.1. The van der Waals surface area contributed by atoms with Gasteiger partial charge in [0.15, 0.2) is 0 Å². The minimum atomic E-state index is 0.00579. The molecule has 2 heterocycles. The second kappa shape index (κ2) is 4.14. The van der Waals surface area contributed by atoms with Crippen molar-refractivity contribution in [1.82, 2.24) is 4.98 Å². The molecule has 0 aliphatic carbocycles. The summed E-state index contributed by atoms with van der Waals surface area (Å²) in [7, 11) is 0. The zero-order valence-electron chi connectivity index (χ0n) is 9.93. The third kappa shape index (κ3) is 1.82. The average molecular weight is 238 g/mol. The topological polar surface area (TPSA) is 66.0 Å². The Morgan fingerprint density at radius 3 is 2.28 bits per heavy atom. The number of nitrogens with one attached hydrogen (secondary N) is 1. The zero-order valence-corrected chi connectivity index (χ0v) is 9.93.